The Labute approximate surface area is 102 Å². The van der Waals surface area contributed by atoms with Gasteiger partial charge in [-0.25, -0.2) is 0 Å². The molecule has 90 valence electrons. The van der Waals surface area contributed by atoms with E-state index in [1.165, 1.54) is 5.57 Å². The third-order valence-corrected chi connectivity index (χ3v) is 3.77. The van der Waals surface area contributed by atoms with Gasteiger partial charge >= 0.3 is 0 Å². The quantitative estimate of drug-likeness (QED) is 0.788. The summed E-state index contributed by atoms with van der Waals surface area (Å²) in [4.78, 5) is 11.5. The van der Waals surface area contributed by atoms with Crippen molar-refractivity contribution in [1.82, 2.24) is 0 Å². The van der Waals surface area contributed by atoms with E-state index in [2.05, 4.69) is 26.8 Å². The molecule has 0 aromatic heterocycles. The maximum absolute atomic E-state index is 11.5. The molecule has 0 unspecified atom stereocenters. The number of carbonyl (C=O) groups is 1. The number of rotatable bonds is 2. The molecule has 0 fully saturated rings. The molecule has 2 rings (SSSR count). The van der Waals surface area contributed by atoms with Crippen molar-refractivity contribution in [3.8, 4) is 0 Å². The Kier molecular flexibility index (Phi) is 3.05. The minimum absolute atomic E-state index is 0.160. The Morgan fingerprint density at radius 2 is 2.06 bits per heavy atom. The maximum atomic E-state index is 11.5. The summed E-state index contributed by atoms with van der Waals surface area (Å²) in [7, 11) is 0. The molecule has 0 aromatic rings. The molecule has 2 aliphatic rings. The minimum Gasteiger partial charge on any atom is -0.504 e. The van der Waals surface area contributed by atoms with Crippen LogP contribution in [0.2, 0.25) is 0 Å². The predicted molar refractivity (Wildman–Crippen MR) is 68.6 cm³/mol. The molecule has 1 N–H and O–H groups in total. The van der Waals surface area contributed by atoms with Crippen LogP contribution in [0.3, 0.4) is 0 Å². The fourth-order valence-electron chi connectivity index (χ4n) is 2.46. The monoisotopic (exact) mass is 230 g/mol. The summed E-state index contributed by atoms with van der Waals surface area (Å²) in [5.74, 6) is 0.346. The second-order valence-corrected chi connectivity index (χ2v) is 4.81. The van der Waals surface area contributed by atoms with Crippen LogP contribution in [0.4, 0.5) is 0 Å². The molecular weight excluding hydrogens is 212 g/mol. The lowest BCUT2D eigenvalue weighted by molar-refractivity contribution is -0.113. The van der Waals surface area contributed by atoms with Crippen molar-refractivity contribution in [2.45, 2.75) is 27.2 Å². The molecule has 0 bridgehead atoms. The molecule has 2 heteroatoms. The lowest BCUT2D eigenvalue weighted by Crippen LogP contribution is -2.18. The van der Waals surface area contributed by atoms with E-state index in [1.807, 2.05) is 6.08 Å². The molecular formula is C15H18O2. The van der Waals surface area contributed by atoms with Gasteiger partial charge in [0.15, 0.2) is 5.76 Å². The van der Waals surface area contributed by atoms with Crippen molar-refractivity contribution < 1.29 is 9.90 Å². The van der Waals surface area contributed by atoms with Crippen molar-refractivity contribution in [2.75, 3.05) is 0 Å². The lowest BCUT2D eigenvalue weighted by atomic mass is 9.76. The zero-order valence-electron chi connectivity index (χ0n) is 10.5. The summed E-state index contributed by atoms with van der Waals surface area (Å²) < 4.78 is 0. The summed E-state index contributed by atoms with van der Waals surface area (Å²) in [5.41, 5.74) is 3.36. The first-order valence-electron chi connectivity index (χ1n) is 6.13. The number of carbonyl (C=O) groups excluding carboxylic acids is 1. The Morgan fingerprint density at radius 3 is 2.71 bits per heavy atom. The Hall–Kier alpha value is -1.57. The first-order chi connectivity index (χ1) is 8.04. The van der Waals surface area contributed by atoms with E-state index in [1.54, 1.807) is 12.2 Å². The second kappa shape index (κ2) is 4.36. The van der Waals surface area contributed by atoms with Gasteiger partial charge in [-0.2, -0.15) is 0 Å². The van der Waals surface area contributed by atoms with Gasteiger partial charge in [-0.3, -0.25) is 4.79 Å². The van der Waals surface area contributed by atoms with Crippen molar-refractivity contribution in [1.29, 1.82) is 0 Å². The SMILES string of the molecule is CC[C@H](C)C1=CC=C2C=C(O)C(=O)C=C2[C@H]1C. The molecule has 0 saturated heterocycles. The van der Waals surface area contributed by atoms with E-state index in [-0.39, 0.29) is 17.5 Å². The van der Waals surface area contributed by atoms with Crippen molar-refractivity contribution in [3.05, 3.63) is 46.8 Å². The smallest absolute Gasteiger partial charge is 0.220 e. The summed E-state index contributed by atoms with van der Waals surface area (Å²) in [6.07, 6.45) is 8.36. The lowest BCUT2D eigenvalue weighted by Gasteiger charge is -2.29. The van der Waals surface area contributed by atoms with E-state index in [9.17, 15) is 9.90 Å². The fourth-order valence-corrected chi connectivity index (χ4v) is 2.46. The summed E-state index contributed by atoms with van der Waals surface area (Å²) >= 11 is 0. The average Bonchev–Trinajstić information content (AvgIpc) is 2.31. The first kappa shape index (κ1) is 11.9. The number of hydrogen-bond donors (Lipinski definition) is 1. The highest BCUT2D eigenvalue weighted by molar-refractivity contribution is 6.05. The summed E-state index contributed by atoms with van der Waals surface area (Å²) in [6.45, 7) is 6.50. The van der Waals surface area contributed by atoms with Crippen LogP contribution in [0, 0.1) is 11.8 Å². The van der Waals surface area contributed by atoms with E-state index < -0.39 is 0 Å². The minimum atomic E-state index is -0.283. The maximum Gasteiger partial charge on any atom is 0.220 e. The van der Waals surface area contributed by atoms with Crippen molar-refractivity contribution in [3.63, 3.8) is 0 Å². The largest absolute Gasteiger partial charge is 0.504 e. The van der Waals surface area contributed by atoms with Gasteiger partial charge in [0.1, 0.15) is 0 Å². The summed E-state index contributed by atoms with van der Waals surface area (Å²) in [6, 6.07) is 0. The topological polar surface area (TPSA) is 37.3 Å². The van der Waals surface area contributed by atoms with Crippen molar-refractivity contribution in [2.24, 2.45) is 11.8 Å². The van der Waals surface area contributed by atoms with E-state index in [0.717, 1.165) is 17.6 Å². The molecule has 0 aromatic carbocycles. The molecule has 17 heavy (non-hydrogen) atoms. The van der Waals surface area contributed by atoms with Crippen LogP contribution in [-0.2, 0) is 4.79 Å². The Balaban J connectivity index is 2.42. The van der Waals surface area contributed by atoms with Crippen LogP contribution in [0.1, 0.15) is 27.2 Å². The van der Waals surface area contributed by atoms with Gasteiger partial charge in [0.05, 0.1) is 0 Å². The molecule has 0 saturated carbocycles. The van der Waals surface area contributed by atoms with Crippen molar-refractivity contribution >= 4 is 5.78 Å². The molecule has 0 radical (unpaired) electrons. The highest BCUT2D eigenvalue weighted by atomic mass is 16.3. The Morgan fingerprint density at radius 1 is 1.35 bits per heavy atom. The van der Waals surface area contributed by atoms with E-state index >= 15 is 0 Å². The number of hydrogen-bond acceptors (Lipinski definition) is 2. The van der Waals surface area contributed by atoms with Crippen LogP contribution in [-0.4, -0.2) is 10.9 Å². The third-order valence-electron chi connectivity index (χ3n) is 3.77. The van der Waals surface area contributed by atoms with Gasteiger partial charge in [-0.1, -0.05) is 38.5 Å². The molecule has 0 spiro atoms. The van der Waals surface area contributed by atoms with Gasteiger partial charge in [0.2, 0.25) is 5.78 Å². The van der Waals surface area contributed by atoms with E-state index in [0.29, 0.717) is 5.92 Å². The molecule has 2 atom stereocenters. The zero-order valence-corrected chi connectivity index (χ0v) is 10.5. The van der Waals surface area contributed by atoms with Crippen LogP contribution in [0.25, 0.3) is 0 Å². The summed E-state index contributed by atoms with van der Waals surface area (Å²) in [5, 5.41) is 9.43. The highest BCUT2D eigenvalue weighted by Gasteiger charge is 2.27. The Bertz CT molecular complexity index is 475. The standard InChI is InChI=1S/C15H18O2/c1-4-9(2)12-6-5-11-7-14(16)15(17)8-13(11)10(12)3/h5-10,16H,4H2,1-3H3/t9-,10-/m0/s1. The third kappa shape index (κ3) is 1.99. The number of allylic oxidation sites excluding steroid dienone is 7. The molecule has 2 aliphatic carbocycles. The molecule has 0 aliphatic heterocycles. The van der Waals surface area contributed by atoms with Crippen LogP contribution in [0.5, 0.6) is 0 Å². The molecule has 0 amide bonds. The van der Waals surface area contributed by atoms with Gasteiger partial charge < -0.3 is 5.11 Å². The fraction of sp³-hybridized carbons (Fsp3) is 0.400. The number of aliphatic hydroxyl groups is 1. The molecule has 2 nitrogen and oxygen atoms in total. The van der Waals surface area contributed by atoms with Crippen LogP contribution >= 0.6 is 0 Å². The number of aliphatic hydroxyl groups excluding tert-OH is 1. The van der Waals surface area contributed by atoms with Gasteiger partial charge in [-0.15, -0.1) is 0 Å². The van der Waals surface area contributed by atoms with Gasteiger partial charge in [-0.05, 0) is 35.6 Å². The zero-order chi connectivity index (χ0) is 12.6. The normalized spacial score (nSPS) is 25.4. The van der Waals surface area contributed by atoms with Gasteiger partial charge in [0, 0.05) is 5.92 Å². The van der Waals surface area contributed by atoms with Crippen LogP contribution < -0.4 is 0 Å². The highest BCUT2D eigenvalue weighted by Crippen LogP contribution is 2.37. The number of ketones is 1. The average molecular weight is 230 g/mol. The number of fused-ring (bicyclic) bond motifs is 1. The predicted octanol–water partition coefficient (Wildman–Crippen LogP) is 3.49. The second-order valence-electron chi connectivity index (χ2n) is 4.81. The molecule has 0 heterocycles. The first-order valence-corrected chi connectivity index (χ1v) is 6.13. The van der Waals surface area contributed by atoms with E-state index in [4.69, 9.17) is 0 Å². The van der Waals surface area contributed by atoms with Crippen LogP contribution in [0.15, 0.2) is 46.8 Å². The van der Waals surface area contributed by atoms with Gasteiger partial charge in [0.25, 0.3) is 0 Å².